The lowest BCUT2D eigenvalue weighted by Crippen LogP contribution is -1.96. The SMILES string of the molecule is Nc1ccc(-n2cnc3ncncc32)c2ccccc12. The molecule has 0 unspecified atom stereocenters. The summed E-state index contributed by atoms with van der Waals surface area (Å²) >= 11 is 0. The number of imidazole rings is 1. The molecule has 0 amide bonds. The van der Waals surface area contributed by atoms with Crippen LogP contribution in [0.1, 0.15) is 0 Å². The predicted octanol–water partition coefficient (Wildman–Crippen LogP) is 2.55. The number of fused-ring (bicyclic) bond motifs is 2. The molecule has 4 aromatic rings. The summed E-state index contributed by atoms with van der Waals surface area (Å²) in [5.74, 6) is 0. The zero-order valence-electron chi connectivity index (χ0n) is 10.6. The van der Waals surface area contributed by atoms with Crippen LogP contribution in [-0.4, -0.2) is 19.5 Å². The van der Waals surface area contributed by atoms with E-state index in [1.165, 1.54) is 6.33 Å². The monoisotopic (exact) mass is 261 g/mol. The minimum absolute atomic E-state index is 0.681. The van der Waals surface area contributed by atoms with E-state index in [0.717, 1.165) is 27.7 Å². The number of aromatic nitrogens is 4. The van der Waals surface area contributed by atoms with Gasteiger partial charge in [0.1, 0.15) is 18.2 Å². The van der Waals surface area contributed by atoms with Crippen LogP contribution in [0, 0.1) is 0 Å². The van der Waals surface area contributed by atoms with Gasteiger partial charge in [0.15, 0.2) is 5.65 Å². The summed E-state index contributed by atoms with van der Waals surface area (Å²) in [5.41, 5.74) is 9.39. The number of hydrogen-bond acceptors (Lipinski definition) is 4. The van der Waals surface area contributed by atoms with Crippen LogP contribution >= 0.6 is 0 Å². The predicted molar refractivity (Wildman–Crippen MR) is 78.6 cm³/mol. The van der Waals surface area contributed by atoms with Gasteiger partial charge in [-0.15, -0.1) is 0 Å². The quantitative estimate of drug-likeness (QED) is 0.534. The molecule has 0 saturated carbocycles. The second-order valence-electron chi connectivity index (χ2n) is 4.57. The van der Waals surface area contributed by atoms with Gasteiger partial charge in [0.05, 0.1) is 11.9 Å². The van der Waals surface area contributed by atoms with Gasteiger partial charge in [-0.25, -0.2) is 15.0 Å². The van der Waals surface area contributed by atoms with E-state index in [-0.39, 0.29) is 0 Å². The molecule has 0 radical (unpaired) electrons. The number of nitrogens with two attached hydrogens (primary N) is 1. The van der Waals surface area contributed by atoms with Crippen LogP contribution in [0.5, 0.6) is 0 Å². The topological polar surface area (TPSA) is 69.6 Å². The number of anilines is 1. The van der Waals surface area contributed by atoms with E-state index in [1.54, 1.807) is 12.5 Å². The smallest absolute Gasteiger partial charge is 0.181 e. The van der Waals surface area contributed by atoms with Crippen molar-refractivity contribution >= 4 is 27.6 Å². The Morgan fingerprint density at radius 2 is 1.80 bits per heavy atom. The highest BCUT2D eigenvalue weighted by Gasteiger charge is 2.09. The fourth-order valence-electron chi connectivity index (χ4n) is 2.47. The van der Waals surface area contributed by atoms with Crippen LogP contribution < -0.4 is 5.73 Å². The summed E-state index contributed by atoms with van der Waals surface area (Å²) in [6, 6.07) is 12.0. The zero-order chi connectivity index (χ0) is 13.5. The van der Waals surface area contributed by atoms with E-state index in [9.17, 15) is 0 Å². The molecule has 2 heterocycles. The highest BCUT2D eigenvalue weighted by atomic mass is 15.1. The van der Waals surface area contributed by atoms with Crippen molar-refractivity contribution in [2.75, 3.05) is 5.73 Å². The highest BCUT2D eigenvalue weighted by Crippen LogP contribution is 2.28. The Labute approximate surface area is 114 Å². The van der Waals surface area contributed by atoms with Crippen molar-refractivity contribution in [3.05, 3.63) is 55.2 Å². The lowest BCUT2D eigenvalue weighted by molar-refractivity contribution is 1.10. The first-order valence-electron chi connectivity index (χ1n) is 6.25. The molecule has 0 aliphatic rings. The molecule has 2 N–H and O–H groups in total. The third-order valence-electron chi connectivity index (χ3n) is 3.42. The third kappa shape index (κ3) is 1.46. The molecule has 4 rings (SSSR count). The first-order chi connectivity index (χ1) is 9.84. The summed E-state index contributed by atoms with van der Waals surface area (Å²) < 4.78 is 1.98. The molecule has 0 atom stereocenters. The van der Waals surface area contributed by atoms with Gasteiger partial charge in [-0.1, -0.05) is 24.3 Å². The average Bonchev–Trinajstić information content (AvgIpc) is 2.92. The van der Waals surface area contributed by atoms with Crippen molar-refractivity contribution < 1.29 is 0 Å². The largest absolute Gasteiger partial charge is 0.398 e. The van der Waals surface area contributed by atoms with E-state index >= 15 is 0 Å². The molecule has 0 fully saturated rings. The molecule has 0 aliphatic heterocycles. The summed E-state index contributed by atoms with van der Waals surface area (Å²) in [6.07, 6.45) is 5.03. The molecule has 2 aromatic carbocycles. The number of hydrogen-bond donors (Lipinski definition) is 1. The maximum Gasteiger partial charge on any atom is 0.181 e. The van der Waals surface area contributed by atoms with Crippen molar-refractivity contribution in [3.63, 3.8) is 0 Å². The van der Waals surface area contributed by atoms with Gasteiger partial charge in [0, 0.05) is 16.5 Å². The zero-order valence-corrected chi connectivity index (χ0v) is 10.6. The minimum atomic E-state index is 0.681. The summed E-state index contributed by atoms with van der Waals surface area (Å²) in [4.78, 5) is 12.5. The van der Waals surface area contributed by atoms with Gasteiger partial charge in [0.25, 0.3) is 0 Å². The van der Waals surface area contributed by atoms with E-state index < -0.39 is 0 Å². The van der Waals surface area contributed by atoms with Crippen LogP contribution in [0.2, 0.25) is 0 Å². The second kappa shape index (κ2) is 4.03. The van der Waals surface area contributed by atoms with Gasteiger partial charge in [-0.05, 0) is 12.1 Å². The molecule has 5 heteroatoms. The van der Waals surface area contributed by atoms with Gasteiger partial charge >= 0.3 is 0 Å². The fraction of sp³-hybridized carbons (Fsp3) is 0. The normalized spacial score (nSPS) is 11.2. The molecule has 0 aliphatic carbocycles. The van der Waals surface area contributed by atoms with Crippen molar-refractivity contribution in [2.24, 2.45) is 0 Å². The molecule has 0 spiro atoms. The molecular formula is C15H11N5. The Morgan fingerprint density at radius 1 is 0.950 bits per heavy atom. The Bertz CT molecular complexity index is 926. The molecule has 2 aromatic heterocycles. The Morgan fingerprint density at radius 3 is 2.70 bits per heavy atom. The first kappa shape index (κ1) is 10.9. The standard InChI is InChI=1S/C15H11N5/c16-12-5-6-13(11-4-2-1-3-10(11)12)20-9-19-15-14(20)7-17-8-18-15/h1-9H,16H2. The molecule has 96 valence electrons. The van der Waals surface area contributed by atoms with Crippen molar-refractivity contribution in [1.29, 1.82) is 0 Å². The lowest BCUT2D eigenvalue weighted by atomic mass is 10.1. The summed E-state index contributed by atoms with van der Waals surface area (Å²) in [6.45, 7) is 0. The molecule has 0 bridgehead atoms. The molecule has 0 saturated heterocycles. The number of rotatable bonds is 1. The number of nitrogens with zero attached hydrogens (tertiary/aromatic N) is 4. The van der Waals surface area contributed by atoms with Gasteiger partial charge in [-0.3, -0.25) is 4.57 Å². The van der Waals surface area contributed by atoms with E-state index in [1.807, 2.05) is 34.9 Å². The van der Waals surface area contributed by atoms with Gasteiger partial charge in [-0.2, -0.15) is 0 Å². The Balaban J connectivity index is 2.10. The fourth-order valence-corrected chi connectivity index (χ4v) is 2.47. The summed E-state index contributed by atoms with van der Waals surface area (Å²) in [7, 11) is 0. The van der Waals surface area contributed by atoms with Gasteiger partial charge in [0.2, 0.25) is 0 Å². The maximum absolute atomic E-state index is 6.04. The van der Waals surface area contributed by atoms with Crippen molar-refractivity contribution in [2.45, 2.75) is 0 Å². The lowest BCUT2D eigenvalue weighted by Gasteiger charge is -2.10. The third-order valence-corrected chi connectivity index (χ3v) is 3.42. The minimum Gasteiger partial charge on any atom is -0.398 e. The van der Waals surface area contributed by atoms with Crippen LogP contribution in [-0.2, 0) is 0 Å². The van der Waals surface area contributed by atoms with E-state index in [0.29, 0.717) is 5.65 Å². The van der Waals surface area contributed by atoms with Crippen LogP contribution in [0.25, 0.3) is 27.6 Å². The van der Waals surface area contributed by atoms with Gasteiger partial charge < -0.3 is 5.73 Å². The van der Waals surface area contributed by atoms with Crippen molar-refractivity contribution in [3.8, 4) is 5.69 Å². The molecule has 20 heavy (non-hydrogen) atoms. The van der Waals surface area contributed by atoms with E-state index in [2.05, 4.69) is 21.0 Å². The van der Waals surface area contributed by atoms with Crippen LogP contribution in [0.3, 0.4) is 0 Å². The Kier molecular flexibility index (Phi) is 2.20. The first-order valence-corrected chi connectivity index (χ1v) is 6.25. The second-order valence-corrected chi connectivity index (χ2v) is 4.57. The molecule has 5 nitrogen and oxygen atoms in total. The average molecular weight is 261 g/mol. The highest BCUT2D eigenvalue weighted by molar-refractivity contribution is 5.99. The number of nitrogen functional groups attached to an aromatic ring is 1. The van der Waals surface area contributed by atoms with Crippen LogP contribution in [0.4, 0.5) is 5.69 Å². The maximum atomic E-state index is 6.04. The summed E-state index contributed by atoms with van der Waals surface area (Å²) in [5, 5.41) is 2.11. The molecular weight excluding hydrogens is 250 g/mol. The number of benzene rings is 2. The van der Waals surface area contributed by atoms with Crippen molar-refractivity contribution in [1.82, 2.24) is 19.5 Å². The van der Waals surface area contributed by atoms with Crippen LogP contribution in [0.15, 0.2) is 55.2 Å². The Hall–Kier alpha value is -2.95. The van der Waals surface area contributed by atoms with E-state index in [4.69, 9.17) is 5.73 Å².